The van der Waals surface area contributed by atoms with Gasteiger partial charge in [0, 0.05) is 31.2 Å². The summed E-state index contributed by atoms with van der Waals surface area (Å²) in [5.41, 5.74) is 0.113. The van der Waals surface area contributed by atoms with E-state index < -0.39 is 33.7 Å². The molecule has 5 rings (SSSR count). The van der Waals surface area contributed by atoms with Crippen LogP contribution in [0.4, 0.5) is 13.2 Å². The van der Waals surface area contributed by atoms with Crippen LogP contribution in [-0.2, 0) is 21.0 Å². The minimum Gasteiger partial charge on any atom is -0.329 e. The van der Waals surface area contributed by atoms with Gasteiger partial charge in [-0.1, -0.05) is 31.0 Å². The lowest BCUT2D eigenvalue weighted by molar-refractivity contribution is -0.137. The highest BCUT2D eigenvalue weighted by atomic mass is 32.2. The first-order chi connectivity index (χ1) is 19.5. The van der Waals surface area contributed by atoms with Gasteiger partial charge in [-0.05, 0) is 61.1 Å². The van der Waals surface area contributed by atoms with Crippen molar-refractivity contribution in [1.82, 2.24) is 14.5 Å². The van der Waals surface area contributed by atoms with E-state index in [9.17, 15) is 31.2 Å². The lowest BCUT2D eigenvalue weighted by Crippen LogP contribution is -2.49. The number of Topliss-reactive ketones (excluding diaryl/α,β-unsaturated/α-hetero) is 1. The van der Waals surface area contributed by atoms with Crippen LogP contribution in [0.25, 0.3) is 0 Å². The number of carbonyl (C=O) groups is 2. The highest BCUT2D eigenvalue weighted by Crippen LogP contribution is 2.38. The predicted octanol–water partition coefficient (Wildman–Crippen LogP) is 4.15. The van der Waals surface area contributed by atoms with Gasteiger partial charge in [-0.2, -0.15) is 22.7 Å². The molecule has 2 atom stereocenters. The van der Waals surface area contributed by atoms with Crippen LogP contribution in [0, 0.1) is 23.2 Å². The summed E-state index contributed by atoms with van der Waals surface area (Å²) in [6, 6.07) is 11.8. The molecule has 1 saturated carbocycles. The van der Waals surface area contributed by atoms with E-state index in [1.54, 1.807) is 0 Å². The average molecular weight is 589 g/mol. The summed E-state index contributed by atoms with van der Waals surface area (Å²) in [6.07, 6.45) is -0.536. The summed E-state index contributed by atoms with van der Waals surface area (Å²) in [7, 11) is -3.84. The molecule has 0 spiro atoms. The molecule has 2 aromatic rings. The van der Waals surface area contributed by atoms with E-state index in [0.29, 0.717) is 37.3 Å². The van der Waals surface area contributed by atoms with Crippen molar-refractivity contribution in [2.45, 2.75) is 55.3 Å². The Balaban J connectivity index is 1.25. The minimum atomic E-state index is -4.43. The molecule has 12 heteroatoms. The van der Waals surface area contributed by atoms with E-state index in [0.717, 1.165) is 25.0 Å². The highest BCUT2D eigenvalue weighted by molar-refractivity contribution is 7.89. The van der Waals surface area contributed by atoms with Gasteiger partial charge in [0.1, 0.15) is 0 Å². The average Bonchev–Trinajstić information content (AvgIpc) is 3.61. The maximum atomic E-state index is 13.4. The summed E-state index contributed by atoms with van der Waals surface area (Å²) in [4.78, 5) is 28.2. The maximum absolute atomic E-state index is 13.4. The molecule has 2 aliphatic heterocycles. The number of hydrogen-bond acceptors (Lipinski definition) is 6. The zero-order valence-corrected chi connectivity index (χ0v) is 23.1. The van der Waals surface area contributed by atoms with Crippen LogP contribution in [0.15, 0.2) is 53.4 Å². The number of nitriles is 1. The fraction of sp³-hybridized carbons (Fsp3) is 0.483. The van der Waals surface area contributed by atoms with Crippen molar-refractivity contribution >= 4 is 21.7 Å². The van der Waals surface area contributed by atoms with Gasteiger partial charge in [-0.25, -0.2) is 8.42 Å². The number of likely N-dealkylation sites (tertiary alicyclic amines) is 1. The van der Waals surface area contributed by atoms with E-state index in [1.807, 2.05) is 6.07 Å². The Bertz CT molecular complexity index is 1450. The second-order valence-electron chi connectivity index (χ2n) is 11.0. The molecular weight excluding hydrogens is 557 g/mol. The number of rotatable bonds is 10. The number of nitrogens with zero attached hydrogens (tertiary/aromatic N) is 3. The summed E-state index contributed by atoms with van der Waals surface area (Å²) < 4.78 is 66.1. The number of halogens is 3. The Morgan fingerprint density at radius 2 is 1.78 bits per heavy atom. The quantitative estimate of drug-likeness (QED) is 0.447. The molecule has 2 saturated heterocycles. The molecular formula is C29H31F3N4O4S. The summed E-state index contributed by atoms with van der Waals surface area (Å²) >= 11 is 0. The number of hydrogen-bond donors (Lipinski definition) is 1. The summed E-state index contributed by atoms with van der Waals surface area (Å²) in [6.45, 7) is 0.532. The van der Waals surface area contributed by atoms with Crippen LogP contribution < -0.4 is 5.32 Å². The van der Waals surface area contributed by atoms with Gasteiger partial charge < -0.3 is 10.2 Å². The van der Waals surface area contributed by atoms with Crippen molar-refractivity contribution < 1.29 is 31.2 Å². The van der Waals surface area contributed by atoms with E-state index in [2.05, 4.69) is 5.32 Å². The van der Waals surface area contributed by atoms with Gasteiger partial charge in [0.2, 0.25) is 10.0 Å². The molecule has 8 nitrogen and oxygen atoms in total. The molecule has 0 bridgehead atoms. The number of ketones is 1. The van der Waals surface area contributed by atoms with Crippen LogP contribution in [-0.4, -0.2) is 61.5 Å². The third-order valence-electron chi connectivity index (χ3n) is 8.06. The minimum absolute atomic E-state index is 0.0389. The zero-order valence-electron chi connectivity index (χ0n) is 22.3. The fourth-order valence-corrected chi connectivity index (χ4v) is 7.01. The Hall–Kier alpha value is -3.27. The molecule has 0 unspecified atom stereocenters. The van der Waals surface area contributed by atoms with Crippen LogP contribution in [0.5, 0.6) is 0 Å². The fourth-order valence-electron chi connectivity index (χ4n) is 5.44. The first-order valence-electron chi connectivity index (χ1n) is 13.7. The highest BCUT2D eigenvalue weighted by Gasteiger charge is 2.38. The molecule has 0 radical (unpaired) electrons. The van der Waals surface area contributed by atoms with Crippen molar-refractivity contribution in [3.63, 3.8) is 0 Å². The molecule has 3 aliphatic rings. The molecule has 0 aromatic heterocycles. The van der Waals surface area contributed by atoms with Gasteiger partial charge in [-0.3, -0.25) is 9.59 Å². The largest absolute Gasteiger partial charge is 0.416 e. The summed E-state index contributed by atoms with van der Waals surface area (Å²) in [5.74, 6) is -0.521. The molecule has 218 valence electrons. The van der Waals surface area contributed by atoms with Crippen molar-refractivity contribution in [1.29, 1.82) is 5.26 Å². The normalized spacial score (nSPS) is 20.8. The van der Waals surface area contributed by atoms with Crippen LogP contribution >= 0.6 is 0 Å². The molecule has 2 heterocycles. The maximum Gasteiger partial charge on any atom is 0.416 e. The Morgan fingerprint density at radius 3 is 2.41 bits per heavy atom. The monoisotopic (exact) mass is 588 g/mol. The molecule has 2 aromatic carbocycles. The van der Waals surface area contributed by atoms with Crippen molar-refractivity contribution in [2.24, 2.45) is 11.8 Å². The lowest BCUT2D eigenvalue weighted by atomic mass is 9.99. The number of amides is 1. The first kappa shape index (κ1) is 29.2. The Kier molecular flexibility index (Phi) is 8.23. The Labute approximate surface area is 237 Å². The van der Waals surface area contributed by atoms with E-state index >= 15 is 0 Å². The Morgan fingerprint density at radius 1 is 1.07 bits per heavy atom. The van der Waals surface area contributed by atoms with Gasteiger partial charge in [0.05, 0.1) is 35.0 Å². The van der Waals surface area contributed by atoms with Gasteiger partial charge in [-0.15, -0.1) is 0 Å². The topological polar surface area (TPSA) is 111 Å². The molecule has 3 fully saturated rings. The third kappa shape index (κ3) is 6.47. The van der Waals surface area contributed by atoms with Crippen molar-refractivity contribution in [3.8, 4) is 6.07 Å². The van der Waals surface area contributed by atoms with Gasteiger partial charge >= 0.3 is 6.18 Å². The van der Waals surface area contributed by atoms with Crippen LogP contribution in [0.3, 0.4) is 0 Å². The van der Waals surface area contributed by atoms with Crippen LogP contribution in [0.1, 0.15) is 59.6 Å². The SMILES string of the molecule is N#CC1CN(S(=O)(=O)c2cccc(C(=O)N3CCC[C@@H]3C(=O)CN[C@H](CC3CC3)c3ccc(C(F)(F)F)cc3)c2)C1. The number of carbonyl (C=O) groups excluding carboxylic acids is 2. The second-order valence-corrected chi connectivity index (χ2v) is 13.0. The van der Waals surface area contributed by atoms with E-state index in [1.165, 1.54) is 45.6 Å². The first-order valence-corrected chi connectivity index (χ1v) is 15.2. The molecule has 1 aliphatic carbocycles. The number of nitrogens with one attached hydrogen (secondary N) is 1. The van der Waals surface area contributed by atoms with Gasteiger partial charge in [0.25, 0.3) is 5.91 Å². The number of sulfonamides is 1. The standard InChI is InChI=1S/C29H31F3N4O4S/c30-29(31,32)23-10-8-21(9-11-23)25(13-19-6-7-19)34-16-27(37)26-5-2-12-36(26)28(38)22-3-1-4-24(14-22)41(39,40)35-17-20(15-33)18-35/h1,3-4,8-11,14,19-20,25-26,34H,2,5-7,12-13,16-18H2/t25-,26-/m1/s1. The number of alkyl halides is 3. The molecule has 1 amide bonds. The van der Waals surface area contributed by atoms with Gasteiger partial charge in [0.15, 0.2) is 5.78 Å². The lowest BCUT2D eigenvalue weighted by Gasteiger charge is -2.34. The molecule has 1 N–H and O–H groups in total. The van der Waals surface area contributed by atoms with Crippen LogP contribution in [0.2, 0.25) is 0 Å². The van der Waals surface area contributed by atoms with E-state index in [-0.39, 0.29) is 47.8 Å². The van der Waals surface area contributed by atoms with Crippen molar-refractivity contribution in [3.05, 3.63) is 65.2 Å². The smallest absolute Gasteiger partial charge is 0.329 e. The predicted molar refractivity (Wildman–Crippen MR) is 143 cm³/mol. The summed E-state index contributed by atoms with van der Waals surface area (Å²) in [5, 5.41) is 12.2. The van der Waals surface area contributed by atoms with E-state index in [4.69, 9.17) is 5.26 Å². The zero-order chi connectivity index (χ0) is 29.4. The number of benzene rings is 2. The second kappa shape index (κ2) is 11.5. The third-order valence-corrected chi connectivity index (χ3v) is 9.89. The molecule has 41 heavy (non-hydrogen) atoms. The van der Waals surface area contributed by atoms with Crippen molar-refractivity contribution in [2.75, 3.05) is 26.2 Å².